The lowest BCUT2D eigenvalue weighted by Crippen LogP contribution is -2.39. The summed E-state index contributed by atoms with van der Waals surface area (Å²) in [6.45, 7) is 6.45. The van der Waals surface area contributed by atoms with Crippen LogP contribution in [-0.4, -0.2) is 18.1 Å². The van der Waals surface area contributed by atoms with Crippen LogP contribution in [0.4, 0.5) is 0 Å². The molecule has 0 spiro atoms. The van der Waals surface area contributed by atoms with Crippen LogP contribution in [0, 0.1) is 13.8 Å². The molecule has 2 nitrogen and oxygen atoms in total. The third-order valence-corrected chi connectivity index (χ3v) is 4.33. The number of nitrogens with one attached hydrogen (secondary N) is 1. The Labute approximate surface area is 106 Å². The van der Waals surface area contributed by atoms with E-state index < -0.39 is 0 Å². The number of aromatic nitrogens is 1. The number of aryl methyl sites for hydroxylation is 2. The molecule has 1 aliphatic rings. The van der Waals surface area contributed by atoms with Gasteiger partial charge in [-0.2, -0.15) is 0 Å². The second-order valence-electron chi connectivity index (χ2n) is 4.74. The van der Waals surface area contributed by atoms with E-state index in [1.54, 1.807) is 11.3 Å². The molecule has 3 heteroatoms. The Balaban J connectivity index is 1.97. The smallest absolute Gasteiger partial charge is 0.0989 e. The first-order valence-corrected chi connectivity index (χ1v) is 6.86. The van der Waals surface area contributed by atoms with Crippen molar-refractivity contribution in [3.8, 4) is 11.3 Å². The molecule has 17 heavy (non-hydrogen) atoms. The minimum Gasteiger partial charge on any atom is -0.315 e. The maximum Gasteiger partial charge on any atom is 0.0989 e. The van der Waals surface area contributed by atoms with E-state index in [9.17, 15) is 0 Å². The van der Waals surface area contributed by atoms with Crippen molar-refractivity contribution in [3.63, 3.8) is 0 Å². The predicted molar refractivity (Wildman–Crippen MR) is 72.6 cm³/mol. The van der Waals surface area contributed by atoms with Crippen LogP contribution in [0.2, 0.25) is 0 Å². The molecule has 1 aromatic heterocycles. The van der Waals surface area contributed by atoms with Gasteiger partial charge in [0.25, 0.3) is 0 Å². The minimum absolute atomic E-state index is 0.638. The topological polar surface area (TPSA) is 24.9 Å². The molecule has 2 aromatic rings. The van der Waals surface area contributed by atoms with E-state index >= 15 is 0 Å². The molecule has 1 aliphatic heterocycles. The highest BCUT2D eigenvalue weighted by atomic mass is 32.1. The minimum atomic E-state index is 0.638. The molecule has 0 aliphatic carbocycles. The molecule has 0 unspecified atom stereocenters. The maximum atomic E-state index is 4.78. The fraction of sp³-hybridized carbons (Fsp3) is 0.357. The zero-order chi connectivity index (χ0) is 11.8. The lowest BCUT2D eigenvalue weighted by Gasteiger charge is -2.24. The standard InChI is InChI=1S/C14H16N2S/c1-9-3-4-10(2)12(5-9)13-8-17-14(16-13)11-6-15-7-11/h3-5,8,11,15H,6-7H2,1-2H3. The molecule has 1 saturated heterocycles. The quantitative estimate of drug-likeness (QED) is 0.878. The first kappa shape index (κ1) is 10.9. The molecular formula is C14H16N2S. The SMILES string of the molecule is Cc1ccc(C)c(-c2csc(C3CNC3)n2)c1. The Kier molecular flexibility index (Phi) is 2.73. The first-order valence-electron chi connectivity index (χ1n) is 5.98. The summed E-state index contributed by atoms with van der Waals surface area (Å²) < 4.78 is 0. The Morgan fingerprint density at radius 3 is 2.82 bits per heavy atom. The van der Waals surface area contributed by atoms with Crippen molar-refractivity contribution in [3.05, 3.63) is 39.7 Å². The molecule has 2 heterocycles. The van der Waals surface area contributed by atoms with Crippen LogP contribution in [-0.2, 0) is 0 Å². The first-order chi connectivity index (χ1) is 8.24. The van der Waals surface area contributed by atoms with Crippen molar-refractivity contribution >= 4 is 11.3 Å². The molecule has 0 amide bonds. The van der Waals surface area contributed by atoms with Gasteiger partial charge in [-0.1, -0.05) is 17.7 Å². The molecule has 0 bridgehead atoms. The molecule has 0 radical (unpaired) electrons. The average Bonchev–Trinajstić information content (AvgIpc) is 2.68. The van der Waals surface area contributed by atoms with E-state index in [1.165, 1.54) is 21.7 Å². The number of rotatable bonds is 2. The average molecular weight is 244 g/mol. The second kappa shape index (κ2) is 4.24. The van der Waals surface area contributed by atoms with Gasteiger partial charge in [0.15, 0.2) is 0 Å². The van der Waals surface area contributed by atoms with Gasteiger partial charge < -0.3 is 5.32 Å². The van der Waals surface area contributed by atoms with Crippen molar-refractivity contribution in [2.75, 3.05) is 13.1 Å². The zero-order valence-electron chi connectivity index (χ0n) is 10.2. The number of thiazole rings is 1. The molecule has 0 saturated carbocycles. The zero-order valence-corrected chi connectivity index (χ0v) is 11.0. The summed E-state index contributed by atoms with van der Waals surface area (Å²) in [7, 11) is 0. The summed E-state index contributed by atoms with van der Waals surface area (Å²) in [4.78, 5) is 4.78. The third-order valence-electron chi connectivity index (χ3n) is 3.32. The highest BCUT2D eigenvalue weighted by Gasteiger charge is 2.22. The Morgan fingerprint density at radius 1 is 1.29 bits per heavy atom. The molecule has 1 aromatic carbocycles. The lowest BCUT2D eigenvalue weighted by molar-refractivity contribution is 0.447. The van der Waals surface area contributed by atoms with Crippen LogP contribution in [0.15, 0.2) is 23.6 Å². The lowest BCUT2D eigenvalue weighted by atomic mass is 10.0. The van der Waals surface area contributed by atoms with Gasteiger partial charge in [0.2, 0.25) is 0 Å². The van der Waals surface area contributed by atoms with E-state index in [0.29, 0.717) is 5.92 Å². The monoisotopic (exact) mass is 244 g/mol. The van der Waals surface area contributed by atoms with Crippen LogP contribution in [0.5, 0.6) is 0 Å². The Morgan fingerprint density at radius 2 is 2.12 bits per heavy atom. The summed E-state index contributed by atoms with van der Waals surface area (Å²) in [5.41, 5.74) is 5.02. The van der Waals surface area contributed by atoms with E-state index in [1.807, 2.05) is 0 Å². The van der Waals surface area contributed by atoms with Gasteiger partial charge in [-0.05, 0) is 25.5 Å². The van der Waals surface area contributed by atoms with Crippen molar-refractivity contribution < 1.29 is 0 Å². The molecule has 1 fully saturated rings. The van der Waals surface area contributed by atoms with Gasteiger partial charge in [-0.3, -0.25) is 0 Å². The number of hydrogen-bond acceptors (Lipinski definition) is 3. The third kappa shape index (κ3) is 2.01. The van der Waals surface area contributed by atoms with Crippen LogP contribution < -0.4 is 5.32 Å². The fourth-order valence-corrected chi connectivity index (χ4v) is 3.00. The van der Waals surface area contributed by atoms with Crippen molar-refractivity contribution in [1.82, 2.24) is 10.3 Å². The van der Waals surface area contributed by atoms with E-state index in [-0.39, 0.29) is 0 Å². The Hall–Kier alpha value is -1.19. The van der Waals surface area contributed by atoms with Gasteiger partial charge in [-0.25, -0.2) is 4.98 Å². The van der Waals surface area contributed by atoms with Crippen molar-refractivity contribution in [2.45, 2.75) is 19.8 Å². The van der Waals surface area contributed by atoms with E-state index in [0.717, 1.165) is 18.8 Å². The highest BCUT2D eigenvalue weighted by molar-refractivity contribution is 7.10. The van der Waals surface area contributed by atoms with Crippen LogP contribution in [0.25, 0.3) is 11.3 Å². The summed E-state index contributed by atoms with van der Waals surface area (Å²) in [5, 5.41) is 6.76. The van der Waals surface area contributed by atoms with Gasteiger partial charge >= 0.3 is 0 Å². The predicted octanol–water partition coefficient (Wildman–Crippen LogP) is 3.11. The van der Waals surface area contributed by atoms with Crippen LogP contribution in [0.3, 0.4) is 0 Å². The molecule has 1 N–H and O–H groups in total. The number of hydrogen-bond donors (Lipinski definition) is 1. The molecule has 0 atom stereocenters. The summed E-state index contributed by atoms with van der Waals surface area (Å²) in [6, 6.07) is 6.56. The van der Waals surface area contributed by atoms with Gasteiger partial charge in [0, 0.05) is 30.0 Å². The highest BCUT2D eigenvalue weighted by Crippen LogP contribution is 2.30. The largest absolute Gasteiger partial charge is 0.315 e. The number of benzene rings is 1. The van der Waals surface area contributed by atoms with Crippen molar-refractivity contribution in [1.29, 1.82) is 0 Å². The van der Waals surface area contributed by atoms with Crippen LogP contribution in [0.1, 0.15) is 22.1 Å². The molecule has 88 valence electrons. The van der Waals surface area contributed by atoms with Crippen LogP contribution >= 0.6 is 11.3 Å². The van der Waals surface area contributed by atoms with Gasteiger partial charge in [0.05, 0.1) is 10.7 Å². The maximum absolute atomic E-state index is 4.78. The second-order valence-corrected chi connectivity index (χ2v) is 5.63. The molecular weight excluding hydrogens is 228 g/mol. The van der Waals surface area contributed by atoms with E-state index in [2.05, 4.69) is 42.7 Å². The molecule has 3 rings (SSSR count). The van der Waals surface area contributed by atoms with E-state index in [4.69, 9.17) is 4.98 Å². The normalized spacial score (nSPS) is 15.9. The number of nitrogens with zero attached hydrogens (tertiary/aromatic N) is 1. The van der Waals surface area contributed by atoms with Gasteiger partial charge in [0.1, 0.15) is 0 Å². The summed E-state index contributed by atoms with van der Waals surface area (Å²) in [5.74, 6) is 0.638. The summed E-state index contributed by atoms with van der Waals surface area (Å²) >= 11 is 1.79. The summed E-state index contributed by atoms with van der Waals surface area (Å²) in [6.07, 6.45) is 0. The fourth-order valence-electron chi connectivity index (χ4n) is 2.07. The Bertz CT molecular complexity index is 541. The van der Waals surface area contributed by atoms with Gasteiger partial charge in [-0.15, -0.1) is 11.3 Å². The van der Waals surface area contributed by atoms with Crippen molar-refractivity contribution in [2.24, 2.45) is 0 Å².